The first kappa shape index (κ1) is 12.2. The zero-order chi connectivity index (χ0) is 11.6. The maximum absolute atomic E-state index is 5.94. The Labute approximate surface area is 91.2 Å². The second-order valence-corrected chi connectivity index (χ2v) is 5.07. The molecular weight excluding hydrogens is 190 g/mol. The fraction of sp³-hybridized carbons (Fsp3) is 0.818. The molecule has 0 amide bonds. The van der Waals surface area contributed by atoms with Crippen molar-refractivity contribution < 1.29 is 4.52 Å². The molecule has 0 saturated carbocycles. The Morgan fingerprint density at radius 2 is 2.00 bits per heavy atom. The molecule has 0 aromatic carbocycles. The fourth-order valence-electron chi connectivity index (χ4n) is 1.26. The van der Waals surface area contributed by atoms with Gasteiger partial charge in [0.15, 0.2) is 5.82 Å². The number of nitrogens with zero attached hydrogens (tertiary/aromatic N) is 2. The van der Waals surface area contributed by atoms with Gasteiger partial charge in [-0.1, -0.05) is 39.8 Å². The zero-order valence-corrected chi connectivity index (χ0v) is 10.2. The Morgan fingerprint density at radius 1 is 1.40 bits per heavy atom. The lowest BCUT2D eigenvalue weighted by Gasteiger charge is -2.14. The third-order valence-electron chi connectivity index (χ3n) is 2.62. The van der Waals surface area contributed by atoms with E-state index in [1.165, 1.54) is 0 Å². The van der Waals surface area contributed by atoms with E-state index in [9.17, 15) is 0 Å². The Bertz CT molecular complexity index is 314. The lowest BCUT2D eigenvalue weighted by molar-refractivity contribution is 0.331. The van der Waals surface area contributed by atoms with Gasteiger partial charge in [-0.05, 0) is 6.42 Å². The van der Waals surface area contributed by atoms with Crippen LogP contribution in [0.3, 0.4) is 0 Å². The topological polar surface area (TPSA) is 64.9 Å². The lowest BCUT2D eigenvalue weighted by Crippen LogP contribution is -2.26. The molecular formula is C11H21N3O. The van der Waals surface area contributed by atoms with Crippen molar-refractivity contribution in [1.29, 1.82) is 0 Å². The monoisotopic (exact) mass is 211 g/mol. The molecule has 2 N–H and O–H groups in total. The van der Waals surface area contributed by atoms with Crippen LogP contribution in [0.1, 0.15) is 58.7 Å². The quantitative estimate of drug-likeness (QED) is 0.832. The molecule has 86 valence electrons. The molecule has 1 aromatic rings. The molecule has 2 unspecified atom stereocenters. The van der Waals surface area contributed by atoms with Crippen LogP contribution in [0.5, 0.6) is 0 Å². The average Bonchev–Trinajstić information content (AvgIpc) is 2.63. The summed E-state index contributed by atoms with van der Waals surface area (Å²) in [6, 6.07) is 0.0817. The van der Waals surface area contributed by atoms with Crippen LogP contribution in [0.15, 0.2) is 4.52 Å². The molecule has 0 saturated heterocycles. The van der Waals surface area contributed by atoms with Crippen LogP contribution in [-0.4, -0.2) is 16.2 Å². The zero-order valence-electron chi connectivity index (χ0n) is 10.2. The molecule has 1 heterocycles. The van der Waals surface area contributed by atoms with Crippen molar-refractivity contribution in [2.45, 2.75) is 58.4 Å². The van der Waals surface area contributed by atoms with Gasteiger partial charge in [0.25, 0.3) is 0 Å². The van der Waals surface area contributed by atoms with Crippen LogP contribution in [-0.2, 0) is 5.41 Å². The highest BCUT2D eigenvalue weighted by Gasteiger charge is 2.25. The van der Waals surface area contributed by atoms with Crippen LogP contribution in [0.4, 0.5) is 0 Å². The third-order valence-corrected chi connectivity index (χ3v) is 2.62. The van der Waals surface area contributed by atoms with E-state index < -0.39 is 0 Å². The Kier molecular flexibility index (Phi) is 3.50. The van der Waals surface area contributed by atoms with Gasteiger partial charge in [-0.3, -0.25) is 0 Å². The van der Waals surface area contributed by atoms with Crippen molar-refractivity contribution in [1.82, 2.24) is 10.1 Å². The van der Waals surface area contributed by atoms with E-state index in [2.05, 4.69) is 37.8 Å². The van der Waals surface area contributed by atoms with E-state index in [0.717, 1.165) is 12.2 Å². The summed E-state index contributed by atoms with van der Waals surface area (Å²) in [5.41, 5.74) is 5.87. The highest BCUT2D eigenvalue weighted by molar-refractivity contribution is 5.03. The molecule has 4 heteroatoms. The summed E-state index contributed by atoms with van der Waals surface area (Å²) in [6.07, 6.45) is 0.911. The molecule has 0 fully saturated rings. The van der Waals surface area contributed by atoms with Gasteiger partial charge in [-0.25, -0.2) is 0 Å². The first-order valence-electron chi connectivity index (χ1n) is 5.46. The van der Waals surface area contributed by atoms with Gasteiger partial charge in [0, 0.05) is 11.5 Å². The van der Waals surface area contributed by atoms with Gasteiger partial charge >= 0.3 is 0 Å². The predicted octanol–water partition coefficient (Wildman–Crippen LogP) is 2.21. The molecule has 0 aliphatic carbocycles. The molecule has 1 rings (SSSR count). The standard InChI is InChI=1S/C11H21N3O/c1-6-8(12)7(2)9-13-10(14-15-9)11(3,4)5/h7-8H,6,12H2,1-5H3. The molecule has 0 aliphatic rings. The minimum Gasteiger partial charge on any atom is -0.339 e. The van der Waals surface area contributed by atoms with Gasteiger partial charge < -0.3 is 10.3 Å². The summed E-state index contributed by atoms with van der Waals surface area (Å²) in [7, 11) is 0. The molecule has 1 aromatic heterocycles. The predicted molar refractivity (Wildman–Crippen MR) is 59.7 cm³/mol. The maximum atomic E-state index is 5.94. The average molecular weight is 211 g/mol. The summed E-state index contributed by atoms with van der Waals surface area (Å²) >= 11 is 0. The second kappa shape index (κ2) is 4.31. The van der Waals surface area contributed by atoms with Gasteiger partial charge in [-0.15, -0.1) is 0 Å². The van der Waals surface area contributed by atoms with Crippen LogP contribution in [0.25, 0.3) is 0 Å². The Hall–Kier alpha value is -0.900. The van der Waals surface area contributed by atoms with Crippen molar-refractivity contribution in [2.75, 3.05) is 0 Å². The minimum absolute atomic E-state index is 0.0716. The molecule has 15 heavy (non-hydrogen) atoms. The number of aromatic nitrogens is 2. The van der Waals surface area contributed by atoms with Gasteiger partial charge in [-0.2, -0.15) is 4.98 Å². The molecule has 0 radical (unpaired) electrons. The highest BCUT2D eigenvalue weighted by Crippen LogP contribution is 2.23. The van der Waals surface area contributed by atoms with E-state index in [1.54, 1.807) is 0 Å². The maximum Gasteiger partial charge on any atom is 0.231 e. The number of rotatable bonds is 3. The van der Waals surface area contributed by atoms with Gasteiger partial charge in [0.05, 0.1) is 5.92 Å². The molecule has 0 spiro atoms. The lowest BCUT2D eigenvalue weighted by atomic mass is 9.96. The fourth-order valence-corrected chi connectivity index (χ4v) is 1.26. The summed E-state index contributed by atoms with van der Waals surface area (Å²) < 4.78 is 5.23. The molecule has 0 bridgehead atoms. The number of hydrogen-bond acceptors (Lipinski definition) is 4. The van der Waals surface area contributed by atoms with Crippen LogP contribution >= 0.6 is 0 Å². The van der Waals surface area contributed by atoms with Gasteiger partial charge in [0.1, 0.15) is 0 Å². The first-order valence-corrected chi connectivity index (χ1v) is 5.46. The van der Waals surface area contributed by atoms with E-state index in [-0.39, 0.29) is 17.4 Å². The van der Waals surface area contributed by atoms with E-state index in [4.69, 9.17) is 10.3 Å². The van der Waals surface area contributed by atoms with Crippen molar-refractivity contribution in [3.63, 3.8) is 0 Å². The minimum atomic E-state index is -0.0716. The summed E-state index contributed by atoms with van der Waals surface area (Å²) in [5.74, 6) is 1.51. The Balaban J connectivity index is 2.85. The SMILES string of the molecule is CCC(N)C(C)c1nc(C(C)(C)C)no1. The van der Waals surface area contributed by atoms with Crippen LogP contribution < -0.4 is 5.73 Å². The van der Waals surface area contributed by atoms with E-state index in [0.29, 0.717) is 5.89 Å². The van der Waals surface area contributed by atoms with Crippen molar-refractivity contribution in [2.24, 2.45) is 5.73 Å². The Morgan fingerprint density at radius 3 is 2.40 bits per heavy atom. The molecule has 0 aliphatic heterocycles. The van der Waals surface area contributed by atoms with E-state index >= 15 is 0 Å². The summed E-state index contributed by atoms with van der Waals surface area (Å²) in [4.78, 5) is 4.39. The highest BCUT2D eigenvalue weighted by atomic mass is 16.5. The first-order chi connectivity index (χ1) is 6.86. The normalized spacial score (nSPS) is 16.4. The van der Waals surface area contributed by atoms with Crippen molar-refractivity contribution >= 4 is 0 Å². The smallest absolute Gasteiger partial charge is 0.231 e. The van der Waals surface area contributed by atoms with Gasteiger partial charge in [0.2, 0.25) is 5.89 Å². The summed E-state index contributed by atoms with van der Waals surface area (Å²) in [5, 5.41) is 3.98. The van der Waals surface area contributed by atoms with Crippen LogP contribution in [0.2, 0.25) is 0 Å². The second-order valence-electron chi connectivity index (χ2n) is 5.07. The van der Waals surface area contributed by atoms with Crippen molar-refractivity contribution in [3.05, 3.63) is 11.7 Å². The number of hydrogen-bond donors (Lipinski definition) is 1. The van der Waals surface area contributed by atoms with Crippen LogP contribution in [0, 0.1) is 0 Å². The van der Waals surface area contributed by atoms with E-state index in [1.807, 2.05) is 6.92 Å². The largest absolute Gasteiger partial charge is 0.339 e. The number of nitrogens with two attached hydrogens (primary N) is 1. The summed E-state index contributed by atoms with van der Waals surface area (Å²) in [6.45, 7) is 10.3. The van der Waals surface area contributed by atoms with Crippen molar-refractivity contribution in [3.8, 4) is 0 Å². The third kappa shape index (κ3) is 2.78. The molecule has 4 nitrogen and oxygen atoms in total. The molecule has 2 atom stereocenters.